The molecule has 7 nitrogen and oxygen atoms in total. The second-order valence-electron chi connectivity index (χ2n) is 4.24. The molecule has 3 N–H and O–H groups in total. The molecule has 0 spiro atoms. The summed E-state index contributed by atoms with van der Waals surface area (Å²) in [7, 11) is 2.95. The number of amides is 2. The van der Waals surface area contributed by atoms with E-state index in [9.17, 15) is 14.7 Å². The Labute approximate surface area is 116 Å². The molecule has 110 valence electrons. The fraction of sp³-hybridized carbons (Fsp3) is 0.385. The number of carbonyl (C=O) groups excluding carboxylic acids is 1. The Kier molecular flexibility index (Phi) is 5.33. The summed E-state index contributed by atoms with van der Waals surface area (Å²) in [5.74, 6) is -0.823. The highest BCUT2D eigenvalue weighted by molar-refractivity contribution is 5.95. The van der Waals surface area contributed by atoms with Crippen molar-refractivity contribution in [3.05, 3.63) is 24.3 Å². The number of rotatable bonds is 5. The standard InChI is InChI=1S/C13H18N2O5/c1-8(16)11(12(17)18)14-13(19)15(2)9-6-4-5-7-10(9)20-3/h4-8,11,16H,1-3H3,(H,14,19)(H,17,18)/t8-,11+/m1/s1. The number of nitrogens with one attached hydrogen (secondary N) is 1. The third kappa shape index (κ3) is 3.61. The van der Waals surface area contributed by atoms with Crippen LogP contribution in [0.25, 0.3) is 0 Å². The number of para-hydroxylation sites is 2. The molecule has 0 aliphatic carbocycles. The van der Waals surface area contributed by atoms with Crippen molar-refractivity contribution in [1.82, 2.24) is 5.32 Å². The van der Waals surface area contributed by atoms with Crippen molar-refractivity contribution in [1.29, 1.82) is 0 Å². The van der Waals surface area contributed by atoms with Gasteiger partial charge in [0, 0.05) is 7.05 Å². The van der Waals surface area contributed by atoms with Gasteiger partial charge in [-0.05, 0) is 19.1 Å². The van der Waals surface area contributed by atoms with E-state index < -0.39 is 24.1 Å². The molecule has 7 heteroatoms. The maximum Gasteiger partial charge on any atom is 0.328 e. The van der Waals surface area contributed by atoms with Gasteiger partial charge in [0.1, 0.15) is 5.75 Å². The number of benzene rings is 1. The number of urea groups is 1. The summed E-state index contributed by atoms with van der Waals surface area (Å²) in [6, 6.07) is 4.80. The first-order valence-corrected chi connectivity index (χ1v) is 5.96. The Morgan fingerprint density at radius 1 is 1.35 bits per heavy atom. The van der Waals surface area contributed by atoms with E-state index in [0.717, 1.165) is 0 Å². The number of anilines is 1. The number of aliphatic carboxylic acids is 1. The van der Waals surface area contributed by atoms with E-state index in [1.807, 2.05) is 0 Å². The highest BCUT2D eigenvalue weighted by Crippen LogP contribution is 2.26. The lowest BCUT2D eigenvalue weighted by molar-refractivity contribution is -0.141. The second-order valence-corrected chi connectivity index (χ2v) is 4.24. The van der Waals surface area contributed by atoms with Gasteiger partial charge in [-0.15, -0.1) is 0 Å². The lowest BCUT2D eigenvalue weighted by Gasteiger charge is -2.24. The fourth-order valence-corrected chi connectivity index (χ4v) is 1.63. The molecule has 0 aliphatic heterocycles. The lowest BCUT2D eigenvalue weighted by Crippen LogP contribution is -2.51. The van der Waals surface area contributed by atoms with Gasteiger partial charge in [0.15, 0.2) is 6.04 Å². The summed E-state index contributed by atoms with van der Waals surface area (Å²) in [4.78, 5) is 24.2. The number of aliphatic hydroxyl groups is 1. The normalized spacial score (nSPS) is 13.2. The van der Waals surface area contributed by atoms with Crippen LogP contribution in [0.2, 0.25) is 0 Å². The van der Waals surface area contributed by atoms with Gasteiger partial charge in [-0.2, -0.15) is 0 Å². The predicted octanol–water partition coefficient (Wildman–Crippen LogP) is 0.675. The molecule has 0 fully saturated rings. The molecular formula is C13H18N2O5. The van der Waals surface area contributed by atoms with Gasteiger partial charge in [-0.3, -0.25) is 4.90 Å². The van der Waals surface area contributed by atoms with Crippen LogP contribution in [0.1, 0.15) is 6.92 Å². The average molecular weight is 282 g/mol. The van der Waals surface area contributed by atoms with Gasteiger partial charge >= 0.3 is 12.0 Å². The maximum absolute atomic E-state index is 12.0. The number of hydrogen-bond donors (Lipinski definition) is 3. The van der Waals surface area contributed by atoms with Gasteiger partial charge in [0.25, 0.3) is 0 Å². The summed E-state index contributed by atoms with van der Waals surface area (Å²) in [6.07, 6.45) is -1.21. The molecule has 0 saturated heterocycles. The van der Waals surface area contributed by atoms with Crippen molar-refractivity contribution in [2.45, 2.75) is 19.1 Å². The number of nitrogens with zero attached hydrogens (tertiary/aromatic N) is 1. The zero-order chi connectivity index (χ0) is 15.3. The number of carboxylic acid groups (broad SMARTS) is 1. The van der Waals surface area contributed by atoms with E-state index in [2.05, 4.69) is 5.32 Å². The minimum Gasteiger partial charge on any atom is -0.495 e. The molecule has 1 aromatic carbocycles. The van der Waals surface area contributed by atoms with Crippen LogP contribution in [0.3, 0.4) is 0 Å². The Morgan fingerprint density at radius 2 is 1.95 bits per heavy atom. The van der Waals surface area contributed by atoms with E-state index in [4.69, 9.17) is 9.84 Å². The van der Waals surface area contributed by atoms with Crippen LogP contribution in [0.5, 0.6) is 5.75 Å². The molecular weight excluding hydrogens is 264 g/mol. The van der Waals surface area contributed by atoms with Crippen LogP contribution < -0.4 is 15.0 Å². The SMILES string of the molecule is COc1ccccc1N(C)C(=O)N[C@H](C(=O)O)[C@@H](C)O. The van der Waals surface area contributed by atoms with Gasteiger partial charge in [-0.25, -0.2) is 9.59 Å². The van der Waals surface area contributed by atoms with Crippen LogP contribution in [0.4, 0.5) is 10.5 Å². The maximum atomic E-state index is 12.0. The largest absolute Gasteiger partial charge is 0.495 e. The van der Waals surface area contributed by atoms with Crippen molar-refractivity contribution in [2.75, 3.05) is 19.1 Å². The third-order valence-electron chi connectivity index (χ3n) is 2.78. The Morgan fingerprint density at radius 3 is 2.45 bits per heavy atom. The van der Waals surface area contributed by atoms with E-state index in [0.29, 0.717) is 11.4 Å². The quantitative estimate of drug-likeness (QED) is 0.737. The lowest BCUT2D eigenvalue weighted by atomic mass is 10.2. The average Bonchev–Trinajstić information content (AvgIpc) is 2.42. The zero-order valence-corrected chi connectivity index (χ0v) is 11.5. The number of hydrogen-bond acceptors (Lipinski definition) is 4. The molecule has 0 heterocycles. The molecule has 2 amide bonds. The number of carboxylic acids is 1. The van der Waals surface area contributed by atoms with Crippen molar-refractivity contribution in [2.24, 2.45) is 0 Å². The molecule has 0 saturated carbocycles. The molecule has 20 heavy (non-hydrogen) atoms. The summed E-state index contributed by atoms with van der Waals surface area (Å²) in [6.45, 7) is 1.29. The van der Waals surface area contributed by atoms with Crippen LogP contribution in [-0.2, 0) is 4.79 Å². The number of methoxy groups -OCH3 is 1. The molecule has 0 aliphatic rings. The molecule has 2 atom stereocenters. The number of carbonyl (C=O) groups is 2. The van der Waals surface area contributed by atoms with Gasteiger partial charge in [0.2, 0.25) is 0 Å². The Balaban J connectivity index is 2.89. The van der Waals surface area contributed by atoms with Crippen LogP contribution in [0.15, 0.2) is 24.3 Å². The van der Waals surface area contributed by atoms with Gasteiger partial charge in [-0.1, -0.05) is 12.1 Å². The predicted molar refractivity (Wildman–Crippen MR) is 73.0 cm³/mol. The van der Waals surface area contributed by atoms with Crippen molar-refractivity contribution < 1.29 is 24.5 Å². The highest BCUT2D eigenvalue weighted by atomic mass is 16.5. The van der Waals surface area contributed by atoms with E-state index in [1.165, 1.54) is 26.0 Å². The number of ether oxygens (including phenoxy) is 1. The van der Waals surface area contributed by atoms with Gasteiger partial charge < -0.3 is 20.3 Å². The number of aliphatic hydroxyl groups excluding tert-OH is 1. The molecule has 0 bridgehead atoms. The van der Waals surface area contributed by atoms with E-state index in [-0.39, 0.29) is 0 Å². The molecule has 1 rings (SSSR count). The minimum atomic E-state index is -1.38. The summed E-state index contributed by atoms with van der Waals surface area (Å²) in [5, 5.41) is 20.5. The first kappa shape index (κ1) is 15.8. The second kappa shape index (κ2) is 6.76. The smallest absolute Gasteiger partial charge is 0.328 e. The summed E-state index contributed by atoms with van der Waals surface area (Å²) in [5.41, 5.74) is 0.488. The molecule has 0 unspecified atom stereocenters. The Hall–Kier alpha value is -2.28. The highest BCUT2D eigenvalue weighted by Gasteiger charge is 2.27. The van der Waals surface area contributed by atoms with Gasteiger partial charge in [0.05, 0.1) is 18.9 Å². The molecule has 1 aromatic rings. The van der Waals surface area contributed by atoms with Crippen LogP contribution in [-0.4, -0.2) is 48.5 Å². The summed E-state index contributed by atoms with van der Waals surface area (Å²) >= 11 is 0. The molecule has 0 radical (unpaired) electrons. The monoisotopic (exact) mass is 282 g/mol. The van der Waals surface area contributed by atoms with E-state index >= 15 is 0 Å². The minimum absolute atomic E-state index is 0.481. The van der Waals surface area contributed by atoms with Crippen molar-refractivity contribution in [3.63, 3.8) is 0 Å². The van der Waals surface area contributed by atoms with Crippen LogP contribution >= 0.6 is 0 Å². The van der Waals surface area contributed by atoms with Crippen molar-refractivity contribution in [3.8, 4) is 5.75 Å². The third-order valence-corrected chi connectivity index (χ3v) is 2.78. The van der Waals surface area contributed by atoms with Crippen molar-refractivity contribution >= 4 is 17.7 Å². The first-order chi connectivity index (χ1) is 9.38. The molecule has 0 aromatic heterocycles. The summed E-state index contributed by atoms with van der Waals surface area (Å²) < 4.78 is 5.13. The zero-order valence-electron chi connectivity index (χ0n) is 11.5. The first-order valence-electron chi connectivity index (χ1n) is 5.96. The Bertz CT molecular complexity index is 489. The topological polar surface area (TPSA) is 99.1 Å². The van der Waals surface area contributed by atoms with E-state index in [1.54, 1.807) is 24.3 Å². The fourth-order valence-electron chi connectivity index (χ4n) is 1.63. The van der Waals surface area contributed by atoms with Crippen LogP contribution in [0, 0.1) is 0 Å².